The topological polar surface area (TPSA) is 231 Å². The maximum absolute atomic E-state index is 12.5. The first kappa shape index (κ1) is 52.2. The minimum absolute atomic E-state index is 0.00550. The van der Waals surface area contributed by atoms with Crippen LogP contribution in [-0.2, 0) is 51.3 Å². The molecule has 362 valence electrons. The van der Waals surface area contributed by atoms with E-state index in [1.807, 2.05) is 36.4 Å². The van der Waals surface area contributed by atoms with Gasteiger partial charge in [-0.1, -0.05) is 48.9 Å². The molecule has 3 aromatic rings. The van der Waals surface area contributed by atoms with Gasteiger partial charge in [0, 0.05) is 99.6 Å². The van der Waals surface area contributed by atoms with Crippen molar-refractivity contribution in [3.8, 4) is 0 Å². The molecule has 1 saturated carbocycles. The fourth-order valence-electron chi connectivity index (χ4n) is 8.44. The summed E-state index contributed by atoms with van der Waals surface area (Å²) in [4.78, 5) is 91.3. The van der Waals surface area contributed by atoms with E-state index in [4.69, 9.17) is 9.94 Å². The predicted molar refractivity (Wildman–Crippen MR) is 255 cm³/mol. The first-order chi connectivity index (χ1) is 32.4. The van der Waals surface area contributed by atoms with Crippen LogP contribution in [0.3, 0.4) is 0 Å². The van der Waals surface area contributed by atoms with E-state index in [0.717, 1.165) is 67.3 Å². The summed E-state index contributed by atoms with van der Waals surface area (Å²) < 4.78 is 5.00. The van der Waals surface area contributed by atoms with Crippen molar-refractivity contribution in [2.75, 3.05) is 52.2 Å². The van der Waals surface area contributed by atoms with Crippen LogP contribution in [0.25, 0.3) is 17.0 Å². The molecule has 7 amide bonds. The number of imide groups is 1. The Labute approximate surface area is 396 Å². The summed E-state index contributed by atoms with van der Waals surface area (Å²) in [5.74, 6) is -0.104. The van der Waals surface area contributed by atoms with Gasteiger partial charge >= 0.3 is 0 Å². The van der Waals surface area contributed by atoms with Gasteiger partial charge in [-0.25, -0.2) is 5.48 Å². The van der Waals surface area contributed by atoms with E-state index in [9.17, 15) is 38.7 Å². The third kappa shape index (κ3) is 16.2. The second-order valence-corrected chi connectivity index (χ2v) is 18.3. The number of H-pyrrole nitrogens is 1. The van der Waals surface area contributed by atoms with Crippen molar-refractivity contribution in [3.05, 3.63) is 89.1 Å². The van der Waals surface area contributed by atoms with Gasteiger partial charge in [0.1, 0.15) is 6.23 Å². The van der Waals surface area contributed by atoms with Crippen LogP contribution in [0, 0.1) is 18.8 Å². The highest BCUT2D eigenvalue weighted by Crippen LogP contribution is 2.29. The number of aliphatic hydroxyl groups is 1. The summed E-state index contributed by atoms with van der Waals surface area (Å²) in [6.07, 6.45) is 12.4. The van der Waals surface area contributed by atoms with Crippen LogP contribution in [0.4, 0.5) is 0 Å². The fraction of sp³-hybridized carbons (Fsp3) is 0.490. The summed E-state index contributed by atoms with van der Waals surface area (Å²) >= 11 is 1.47. The van der Waals surface area contributed by atoms with E-state index in [2.05, 4.69) is 34.7 Å². The van der Waals surface area contributed by atoms with Gasteiger partial charge in [0.2, 0.25) is 35.9 Å². The Hall–Kier alpha value is -5.82. The Morgan fingerprint density at radius 3 is 2.45 bits per heavy atom. The average Bonchev–Trinajstić information content (AvgIpc) is 3.94. The molecule has 1 saturated heterocycles. The number of rotatable bonds is 24. The maximum atomic E-state index is 12.5. The lowest BCUT2D eigenvalue weighted by atomic mass is 9.81. The molecular formula is C49H65N7O10S. The number of hydrogen-bond donors (Lipinski definition) is 6. The van der Waals surface area contributed by atoms with Crippen LogP contribution in [0.5, 0.6) is 0 Å². The Balaban J connectivity index is 0.000000264. The summed E-state index contributed by atoms with van der Waals surface area (Å²) in [5, 5.41) is 25.0. The fourth-order valence-corrected chi connectivity index (χ4v) is 9.52. The normalized spacial score (nSPS) is 19.2. The molecule has 0 radical (unpaired) electrons. The number of para-hydroxylation sites is 1. The summed E-state index contributed by atoms with van der Waals surface area (Å²) in [6, 6.07) is 15.8. The first-order valence-corrected chi connectivity index (χ1v) is 24.1. The van der Waals surface area contributed by atoms with E-state index >= 15 is 0 Å². The Bertz CT molecular complexity index is 2200. The molecule has 2 fully saturated rings. The molecule has 1 aromatic heterocycles. The number of nitrogens with one attached hydrogen (secondary N) is 4. The zero-order valence-corrected chi connectivity index (χ0v) is 39.3. The molecule has 67 heavy (non-hydrogen) atoms. The minimum Gasteiger partial charge on any atom is -0.384 e. The van der Waals surface area contributed by atoms with Gasteiger partial charge in [-0.05, 0) is 92.7 Å². The zero-order chi connectivity index (χ0) is 48.1. The zero-order valence-electron chi connectivity index (χ0n) is 38.5. The third-order valence-corrected chi connectivity index (χ3v) is 13.5. The van der Waals surface area contributed by atoms with Crippen LogP contribution < -0.4 is 16.1 Å². The quantitative estimate of drug-likeness (QED) is 0.0188. The van der Waals surface area contributed by atoms with Gasteiger partial charge < -0.3 is 35.3 Å². The number of benzene rings is 2. The van der Waals surface area contributed by atoms with Crippen LogP contribution in [0.15, 0.2) is 66.8 Å². The SMILES string of the molecule is COCCSC1CC(=O)N(CCCCCC(=O)NCC2CCC(C(=O)NCCN3C(=O)C=CC3O)CC2)C1=O.Cc1[nH]c2ccccc2c1CCN(C=O)Cc1ccc(/C=C/C(=O)NO)cc1. The van der Waals surface area contributed by atoms with Gasteiger partial charge in [0.15, 0.2) is 0 Å². The monoisotopic (exact) mass is 943 g/mol. The van der Waals surface area contributed by atoms with Crippen LogP contribution >= 0.6 is 11.8 Å². The van der Waals surface area contributed by atoms with Crippen molar-refractivity contribution in [1.82, 2.24) is 35.8 Å². The number of thioether (sulfide) groups is 1. The number of aliphatic hydroxyl groups excluding tert-OH is 1. The van der Waals surface area contributed by atoms with Gasteiger partial charge in [-0.3, -0.25) is 43.7 Å². The molecule has 2 aliphatic heterocycles. The molecule has 2 aromatic carbocycles. The van der Waals surface area contributed by atoms with Crippen molar-refractivity contribution in [1.29, 1.82) is 0 Å². The van der Waals surface area contributed by atoms with Crippen molar-refractivity contribution >= 4 is 70.6 Å². The molecule has 0 spiro atoms. The smallest absolute Gasteiger partial charge is 0.267 e. The second kappa shape index (κ2) is 27.1. The highest BCUT2D eigenvalue weighted by atomic mass is 32.2. The first-order valence-electron chi connectivity index (χ1n) is 23.0. The third-order valence-electron chi connectivity index (χ3n) is 12.3. The molecule has 2 atom stereocenters. The summed E-state index contributed by atoms with van der Waals surface area (Å²) in [7, 11) is 1.61. The number of aryl methyl sites for hydroxylation is 1. The number of unbranched alkanes of at least 4 members (excludes halogenated alkanes) is 2. The number of carbonyl (C=O) groups excluding carboxylic acids is 7. The number of aromatic amines is 1. The predicted octanol–water partition coefficient (Wildman–Crippen LogP) is 4.01. The lowest BCUT2D eigenvalue weighted by molar-refractivity contribution is -0.138. The number of amides is 7. The van der Waals surface area contributed by atoms with Gasteiger partial charge in [-0.2, -0.15) is 0 Å². The van der Waals surface area contributed by atoms with Crippen LogP contribution in [0.1, 0.15) is 80.2 Å². The summed E-state index contributed by atoms with van der Waals surface area (Å²) in [5.41, 5.74) is 6.88. The molecule has 18 heteroatoms. The van der Waals surface area contributed by atoms with Crippen LogP contribution in [-0.4, -0.2) is 136 Å². The molecule has 3 heterocycles. The number of ether oxygens (including phenoxy) is 1. The van der Waals surface area contributed by atoms with E-state index in [1.54, 1.807) is 23.6 Å². The highest BCUT2D eigenvalue weighted by Gasteiger charge is 2.38. The highest BCUT2D eigenvalue weighted by molar-refractivity contribution is 8.00. The summed E-state index contributed by atoms with van der Waals surface area (Å²) in [6.45, 7) is 5.35. The number of hydrogen-bond acceptors (Lipinski definition) is 11. The standard InChI is InChI=1S/C27H42N4O7S.C22H23N3O3/c1-38-15-16-39-21-17-25(35)31(27(21)37)13-4-2-3-5-22(32)29-18-19-6-8-20(9-7-19)26(36)28-12-14-30-23(33)10-11-24(30)34;1-16-19(20-4-2-3-5-21(20)23-16)12-13-25(15-26)14-18-8-6-17(7-9-18)10-11-22(27)24-28/h10-11,19-21,23,33H,2-9,12-18H2,1H3,(H,28,36)(H,29,32);2-11,15,23,28H,12-14H2,1H3,(H,24,27)/b;11-10+. The van der Waals surface area contributed by atoms with Crippen molar-refractivity contribution in [2.24, 2.45) is 11.8 Å². The molecular weight excluding hydrogens is 879 g/mol. The maximum Gasteiger partial charge on any atom is 0.267 e. The number of fused-ring (bicyclic) bond motifs is 1. The number of nitrogens with zero attached hydrogens (tertiary/aromatic N) is 3. The lowest BCUT2D eigenvalue weighted by Gasteiger charge is -2.28. The van der Waals surface area contributed by atoms with Gasteiger partial charge in [0.25, 0.3) is 5.91 Å². The van der Waals surface area contributed by atoms with Crippen LogP contribution in [0.2, 0.25) is 0 Å². The number of aromatic nitrogens is 1. The van der Waals surface area contributed by atoms with E-state index in [1.165, 1.54) is 50.7 Å². The largest absolute Gasteiger partial charge is 0.384 e. The Morgan fingerprint density at radius 2 is 1.75 bits per heavy atom. The number of methoxy groups -OCH3 is 1. The molecule has 3 aliphatic rings. The van der Waals surface area contributed by atoms with Crippen molar-refractivity contribution < 1.29 is 48.6 Å². The number of likely N-dealkylation sites (tertiary alicyclic amines) is 1. The number of hydroxylamine groups is 1. The Morgan fingerprint density at radius 1 is 0.985 bits per heavy atom. The van der Waals surface area contributed by atoms with E-state index in [-0.39, 0.29) is 53.7 Å². The Kier molecular flexibility index (Phi) is 21.1. The second-order valence-electron chi connectivity index (χ2n) is 17.0. The van der Waals surface area contributed by atoms with Crippen molar-refractivity contribution in [3.63, 3.8) is 0 Å². The minimum atomic E-state index is -0.921. The molecule has 6 N–H and O–H groups in total. The molecule has 0 bridgehead atoms. The molecule has 6 rings (SSSR count). The van der Waals surface area contributed by atoms with Gasteiger partial charge in [-0.15, -0.1) is 11.8 Å². The lowest BCUT2D eigenvalue weighted by Crippen LogP contribution is -2.42. The number of carbonyl (C=O) groups is 7. The average molecular weight is 944 g/mol. The molecule has 17 nitrogen and oxygen atoms in total. The molecule has 2 unspecified atom stereocenters. The molecule has 1 aliphatic carbocycles. The van der Waals surface area contributed by atoms with Gasteiger partial charge in [0.05, 0.1) is 11.9 Å². The van der Waals surface area contributed by atoms with Crippen molar-refractivity contribution in [2.45, 2.75) is 89.2 Å². The van der Waals surface area contributed by atoms with E-state index in [0.29, 0.717) is 70.3 Å². The van der Waals surface area contributed by atoms with E-state index < -0.39 is 12.1 Å².